The Morgan fingerprint density at radius 3 is 2.50 bits per heavy atom. The van der Waals surface area contributed by atoms with Gasteiger partial charge in [-0.05, 0) is 38.1 Å². The lowest BCUT2D eigenvalue weighted by atomic mass is 10.2. The Labute approximate surface area is 148 Å². The summed E-state index contributed by atoms with van der Waals surface area (Å²) in [5.41, 5.74) is 2.16. The molecule has 0 bridgehead atoms. The Morgan fingerprint density at radius 2 is 1.85 bits per heavy atom. The van der Waals surface area contributed by atoms with Gasteiger partial charge in [0.1, 0.15) is 11.2 Å². The highest BCUT2D eigenvalue weighted by molar-refractivity contribution is 5.94. The Morgan fingerprint density at radius 1 is 1.15 bits per heavy atom. The minimum absolute atomic E-state index is 0.118. The molecule has 2 aromatic heterocycles. The van der Waals surface area contributed by atoms with Crippen LogP contribution in [-0.4, -0.2) is 33.6 Å². The number of amides is 1. The topological polar surface area (TPSA) is 119 Å². The van der Waals surface area contributed by atoms with Gasteiger partial charge in [-0.1, -0.05) is 5.16 Å². The average Bonchev–Trinajstić information content (AvgIpc) is 2.98. The number of rotatable bonds is 5. The lowest BCUT2D eigenvalue weighted by molar-refractivity contribution is -0.114. The summed E-state index contributed by atoms with van der Waals surface area (Å²) in [7, 11) is 0. The normalized spacial score (nSPS) is 10.6. The van der Waals surface area contributed by atoms with Crippen molar-refractivity contribution in [1.82, 2.24) is 15.1 Å². The van der Waals surface area contributed by atoms with Crippen molar-refractivity contribution in [2.45, 2.75) is 20.8 Å². The molecule has 0 fully saturated rings. The largest absolute Gasteiger partial charge is 0.460 e. The first-order chi connectivity index (χ1) is 12.5. The molecule has 0 aliphatic rings. The molecule has 0 radical (unpaired) electrons. The van der Waals surface area contributed by atoms with Gasteiger partial charge in [-0.3, -0.25) is 4.79 Å². The molecule has 3 rings (SSSR count). The fraction of sp³-hybridized carbons (Fsp3) is 0.235. The highest BCUT2D eigenvalue weighted by Gasteiger charge is 2.19. The number of hydrogen-bond donors (Lipinski definition) is 2. The molecule has 1 aromatic carbocycles. The molecule has 9 nitrogen and oxygen atoms in total. The summed E-state index contributed by atoms with van der Waals surface area (Å²) >= 11 is 0. The number of nitrogens with one attached hydrogen (secondary N) is 2. The number of nitrogens with zero attached hydrogens (tertiary/aromatic N) is 3. The first-order valence-corrected chi connectivity index (χ1v) is 7.93. The van der Waals surface area contributed by atoms with Gasteiger partial charge in [-0.15, -0.1) is 0 Å². The maximum absolute atomic E-state index is 12.0. The van der Waals surface area contributed by atoms with Crippen molar-refractivity contribution in [3.8, 4) is 0 Å². The molecule has 2 heterocycles. The van der Waals surface area contributed by atoms with E-state index in [1.807, 2.05) is 0 Å². The smallest absolute Gasteiger partial charge is 0.376 e. The molecule has 0 aliphatic heterocycles. The van der Waals surface area contributed by atoms with Crippen molar-refractivity contribution in [3.05, 3.63) is 35.8 Å². The zero-order valence-corrected chi connectivity index (χ0v) is 14.5. The Balaban J connectivity index is 1.96. The van der Waals surface area contributed by atoms with Gasteiger partial charge in [0.05, 0.1) is 12.3 Å². The van der Waals surface area contributed by atoms with Crippen LogP contribution in [0.25, 0.3) is 11.1 Å². The first-order valence-electron chi connectivity index (χ1n) is 7.93. The van der Waals surface area contributed by atoms with Gasteiger partial charge in [0.2, 0.25) is 11.7 Å². The zero-order chi connectivity index (χ0) is 18.7. The number of benzene rings is 1. The van der Waals surface area contributed by atoms with E-state index < -0.39 is 5.97 Å². The SMILES string of the molecule is CCOC(=O)c1nc(Nc2ccc(NC(C)=O)cc2)c2c(C)noc2n1. The standard InChI is InChI=1S/C17H17N5O4/c1-4-25-17(24)15-20-14(13-9(2)22-26-16(13)21-15)19-12-7-5-11(6-8-12)18-10(3)23/h5-8H,4H2,1-3H3,(H,18,23)(H,19,20,21). The van der Waals surface area contributed by atoms with Crippen molar-refractivity contribution in [2.24, 2.45) is 0 Å². The van der Waals surface area contributed by atoms with Crippen LogP contribution < -0.4 is 10.6 Å². The number of carbonyl (C=O) groups is 2. The van der Waals surface area contributed by atoms with Crippen LogP contribution in [0.3, 0.4) is 0 Å². The van der Waals surface area contributed by atoms with Gasteiger partial charge in [-0.25, -0.2) is 9.78 Å². The molecular formula is C17H17N5O4. The van der Waals surface area contributed by atoms with E-state index in [2.05, 4.69) is 25.8 Å². The van der Waals surface area contributed by atoms with Crippen molar-refractivity contribution < 1.29 is 18.8 Å². The third-order valence-corrected chi connectivity index (χ3v) is 3.43. The zero-order valence-electron chi connectivity index (χ0n) is 14.5. The molecule has 0 atom stereocenters. The maximum Gasteiger partial charge on any atom is 0.376 e. The van der Waals surface area contributed by atoms with Crippen LogP contribution in [-0.2, 0) is 9.53 Å². The summed E-state index contributed by atoms with van der Waals surface area (Å²) in [6.45, 7) is 5.10. The van der Waals surface area contributed by atoms with E-state index >= 15 is 0 Å². The Hall–Kier alpha value is -3.49. The first kappa shape index (κ1) is 17.3. The third kappa shape index (κ3) is 3.61. The predicted octanol–water partition coefficient (Wildman–Crippen LogP) is 2.80. The number of carbonyl (C=O) groups excluding carboxylic acids is 2. The van der Waals surface area contributed by atoms with Crippen molar-refractivity contribution >= 4 is 40.2 Å². The highest BCUT2D eigenvalue weighted by atomic mass is 16.5. The number of fused-ring (bicyclic) bond motifs is 1. The molecule has 0 spiro atoms. The number of hydrogen-bond acceptors (Lipinski definition) is 8. The minimum atomic E-state index is -0.646. The summed E-state index contributed by atoms with van der Waals surface area (Å²) in [5.74, 6) is -0.535. The summed E-state index contributed by atoms with van der Waals surface area (Å²) in [5, 5.41) is 10.3. The highest BCUT2D eigenvalue weighted by Crippen LogP contribution is 2.27. The number of ether oxygens (including phenoxy) is 1. The van der Waals surface area contributed by atoms with Gasteiger partial charge in [0, 0.05) is 18.3 Å². The molecular weight excluding hydrogens is 338 g/mol. The number of aromatic nitrogens is 3. The predicted molar refractivity (Wildman–Crippen MR) is 94.3 cm³/mol. The second-order valence-corrected chi connectivity index (χ2v) is 5.45. The second kappa shape index (κ2) is 7.18. The summed E-state index contributed by atoms with van der Waals surface area (Å²) in [6, 6.07) is 7.03. The molecule has 2 N–H and O–H groups in total. The van der Waals surface area contributed by atoms with Gasteiger partial charge in [0.25, 0.3) is 5.71 Å². The van der Waals surface area contributed by atoms with Crippen molar-refractivity contribution in [3.63, 3.8) is 0 Å². The van der Waals surface area contributed by atoms with E-state index in [0.717, 1.165) is 0 Å². The van der Waals surface area contributed by atoms with E-state index in [-0.39, 0.29) is 24.1 Å². The van der Waals surface area contributed by atoms with Gasteiger partial charge >= 0.3 is 5.97 Å². The van der Waals surface area contributed by atoms with E-state index in [9.17, 15) is 9.59 Å². The van der Waals surface area contributed by atoms with Crippen molar-refractivity contribution in [1.29, 1.82) is 0 Å². The number of aryl methyl sites for hydroxylation is 1. The van der Waals surface area contributed by atoms with Crippen LogP contribution in [0.4, 0.5) is 17.2 Å². The van der Waals surface area contributed by atoms with Crippen molar-refractivity contribution in [2.75, 3.05) is 17.2 Å². The van der Waals surface area contributed by atoms with Gasteiger partial charge < -0.3 is 19.9 Å². The molecule has 3 aromatic rings. The summed E-state index contributed by atoms with van der Waals surface area (Å²) in [4.78, 5) is 31.4. The minimum Gasteiger partial charge on any atom is -0.460 e. The summed E-state index contributed by atoms with van der Waals surface area (Å²) in [6.07, 6.45) is 0. The van der Waals surface area contributed by atoms with Gasteiger partial charge in [-0.2, -0.15) is 4.98 Å². The maximum atomic E-state index is 12.0. The van der Waals surface area contributed by atoms with E-state index in [1.54, 1.807) is 38.1 Å². The van der Waals surface area contributed by atoms with Crippen LogP contribution in [0.1, 0.15) is 30.2 Å². The quantitative estimate of drug-likeness (QED) is 0.671. The molecule has 26 heavy (non-hydrogen) atoms. The monoisotopic (exact) mass is 355 g/mol. The average molecular weight is 355 g/mol. The molecule has 0 aliphatic carbocycles. The van der Waals surface area contributed by atoms with Crippen LogP contribution >= 0.6 is 0 Å². The molecule has 134 valence electrons. The van der Waals surface area contributed by atoms with Crippen LogP contribution in [0.15, 0.2) is 28.8 Å². The Kier molecular flexibility index (Phi) is 4.78. The Bertz CT molecular complexity index is 965. The van der Waals surface area contributed by atoms with E-state index in [4.69, 9.17) is 9.26 Å². The van der Waals surface area contributed by atoms with E-state index in [0.29, 0.717) is 28.3 Å². The fourth-order valence-corrected chi connectivity index (χ4v) is 2.34. The fourth-order valence-electron chi connectivity index (χ4n) is 2.34. The van der Waals surface area contributed by atoms with Crippen LogP contribution in [0, 0.1) is 6.92 Å². The number of anilines is 3. The van der Waals surface area contributed by atoms with Crippen LogP contribution in [0.5, 0.6) is 0 Å². The van der Waals surface area contributed by atoms with Crippen LogP contribution in [0.2, 0.25) is 0 Å². The van der Waals surface area contributed by atoms with Gasteiger partial charge in [0.15, 0.2) is 0 Å². The molecule has 0 unspecified atom stereocenters. The van der Waals surface area contributed by atoms with E-state index in [1.165, 1.54) is 6.92 Å². The lowest BCUT2D eigenvalue weighted by Gasteiger charge is -2.09. The third-order valence-electron chi connectivity index (χ3n) is 3.43. The second-order valence-electron chi connectivity index (χ2n) is 5.45. The molecule has 9 heteroatoms. The molecule has 0 saturated carbocycles. The molecule has 0 saturated heterocycles. The number of esters is 1. The molecule has 1 amide bonds. The summed E-state index contributed by atoms with van der Waals surface area (Å²) < 4.78 is 10.1. The lowest BCUT2D eigenvalue weighted by Crippen LogP contribution is -2.11.